The van der Waals surface area contributed by atoms with Crippen molar-refractivity contribution in [3.63, 3.8) is 0 Å². The van der Waals surface area contributed by atoms with E-state index in [9.17, 15) is 5.11 Å². The Labute approximate surface area is 107 Å². The van der Waals surface area contributed by atoms with Gasteiger partial charge in [0.1, 0.15) is 5.76 Å². The molecule has 3 heteroatoms. The topological polar surface area (TPSA) is 45.4 Å². The summed E-state index contributed by atoms with van der Waals surface area (Å²) < 4.78 is 5.21. The number of aliphatic hydroxyl groups excluding tert-OH is 1. The Bertz CT molecular complexity index is 448. The highest BCUT2D eigenvalue weighted by Crippen LogP contribution is 2.13. The van der Waals surface area contributed by atoms with Crippen LogP contribution in [0, 0.1) is 0 Å². The lowest BCUT2D eigenvalue weighted by molar-refractivity contribution is 0.173. The summed E-state index contributed by atoms with van der Waals surface area (Å²) in [5.41, 5.74) is 2.23. The summed E-state index contributed by atoms with van der Waals surface area (Å²) in [6, 6.07) is 11.9. The molecule has 0 bridgehead atoms. The van der Waals surface area contributed by atoms with Crippen LogP contribution >= 0.6 is 0 Å². The van der Waals surface area contributed by atoms with Gasteiger partial charge in [-0.15, -0.1) is 0 Å². The quantitative estimate of drug-likeness (QED) is 0.822. The molecule has 0 saturated heterocycles. The van der Waals surface area contributed by atoms with Gasteiger partial charge in [-0.1, -0.05) is 31.2 Å². The first-order valence-corrected chi connectivity index (χ1v) is 6.29. The maximum absolute atomic E-state index is 10.0. The maximum Gasteiger partial charge on any atom is 0.117 e. The lowest BCUT2D eigenvalue weighted by atomic mass is 10.1. The molecule has 1 aromatic heterocycles. The van der Waals surface area contributed by atoms with Crippen LogP contribution in [0.15, 0.2) is 47.1 Å². The zero-order chi connectivity index (χ0) is 12.8. The van der Waals surface area contributed by atoms with Crippen molar-refractivity contribution in [2.45, 2.75) is 26.0 Å². The Morgan fingerprint density at radius 1 is 1.22 bits per heavy atom. The molecule has 0 radical (unpaired) electrons. The van der Waals surface area contributed by atoms with E-state index in [1.807, 2.05) is 24.3 Å². The summed E-state index contributed by atoms with van der Waals surface area (Å²) in [4.78, 5) is 0. The van der Waals surface area contributed by atoms with Crippen molar-refractivity contribution < 1.29 is 9.52 Å². The normalized spacial score (nSPS) is 12.6. The molecule has 0 aliphatic heterocycles. The van der Waals surface area contributed by atoms with Crippen LogP contribution in [-0.4, -0.2) is 11.7 Å². The largest absolute Gasteiger partial charge is 0.468 e. The number of furan rings is 1. The summed E-state index contributed by atoms with van der Waals surface area (Å²) in [5.74, 6) is 0.878. The number of nitrogens with one attached hydrogen (secondary N) is 1. The molecule has 2 rings (SSSR count). The molecule has 2 N–H and O–H groups in total. The van der Waals surface area contributed by atoms with Gasteiger partial charge in [0.15, 0.2) is 0 Å². The maximum atomic E-state index is 10.0. The first-order chi connectivity index (χ1) is 8.79. The van der Waals surface area contributed by atoms with Crippen molar-refractivity contribution in [1.29, 1.82) is 0 Å². The third-order valence-electron chi connectivity index (χ3n) is 2.99. The highest BCUT2D eigenvalue weighted by molar-refractivity contribution is 5.24. The molecule has 1 unspecified atom stereocenters. The van der Waals surface area contributed by atoms with Crippen LogP contribution < -0.4 is 5.32 Å². The molecule has 0 fully saturated rings. The van der Waals surface area contributed by atoms with Crippen molar-refractivity contribution >= 4 is 0 Å². The van der Waals surface area contributed by atoms with Crippen LogP contribution in [-0.2, 0) is 13.0 Å². The van der Waals surface area contributed by atoms with Crippen LogP contribution in [0.25, 0.3) is 0 Å². The number of hydrogen-bond donors (Lipinski definition) is 2. The van der Waals surface area contributed by atoms with E-state index in [2.05, 4.69) is 24.4 Å². The van der Waals surface area contributed by atoms with Crippen molar-refractivity contribution in [1.82, 2.24) is 5.32 Å². The molecule has 0 aliphatic carbocycles. The predicted octanol–water partition coefficient (Wildman–Crippen LogP) is 2.67. The van der Waals surface area contributed by atoms with E-state index in [4.69, 9.17) is 4.42 Å². The molecule has 3 nitrogen and oxygen atoms in total. The Balaban J connectivity index is 1.81. The Morgan fingerprint density at radius 2 is 2.00 bits per heavy atom. The molecule has 1 atom stereocenters. The fourth-order valence-corrected chi connectivity index (χ4v) is 1.84. The molecule has 0 spiro atoms. The van der Waals surface area contributed by atoms with Gasteiger partial charge in [-0.05, 0) is 29.7 Å². The summed E-state index contributed by atoms with van der Waals surface area (Å²) in [6.07, 6.45) is 2.19. The Kier molecular flexibility index (Phi) is 4.56. The van der Waals surface area contributed by atoms with Crippen molar-refractivity contribution in [3.05, 3.63) is 59.5 Å². The molecule has 18 heavy (non-hydrogen) atoms. The van der Waals surface area contributed by atoms with E-state index in [-0.39, 0.29) is 0 Å². The number of hydrogen-bond acceptors (Lipinski definition) is 3. The number of aliphatic hydroxyl groups is 1. The molecule has 1 heterocycles. The molecule has 0 aliphatic rings. The van der Waals surface area contributed by atoms with Crippen LogP contribution in [0.4, 0.5) is 0 Å². The SMILES string of the molecule is CCc1ccc(C(O)CNCc2ccco2)cc1. The van der Waals surface area contributed by atoms with Crippen LogP contribution in [0.1, 0.15) is 29.9 Å². The van der Waals surface area contributed by atoms with Gasteiger partial charge in [0.05, 0.1) is 18.9 Å². The Hall–Kier alpha value is -1.58. The van der Waals surface area contributed by atoms with Crippen molar-refractivity contribution in [3.8, 4) is 0 Å². The highest BCUT2D eigenvalue weighted by atomic mass is 16.3. The highest BCUT2D eigenvalue weighted by Gasteiger charge is 2.07. The van der Waals surface area contributed by atoms with E-state index < -0.39 is 6.10 Å². The van der Waals surface area contributed by atoms with E-state index in [1.165, 1.54) is 5.56 Å². The van der Waals surface area contributed by atoms with Crippen LogP contribution in [0.3, 0.4) is 0 Å². The molecular formula is C15H19NO2. The van der Waals surface area contributed by atoms with Crippen molar-refractivity contribution in [2.75, 3.05) is 6.54 Å². The lowest BCUT2D eigenvalue weighted by Gasteiger charge is -2.12. The number of aryl methyl sites for hydroxylation is 1. The van der Waals surface area contributed by atoms with Gasteiger partial charge in [0.25, 0.3) is 0 Å². The third kappa shape index (κ3) is 3.45. The molecule has 1 aromatic carbocycles. The first kappa shape index (κ1) is 12.9. The minimum Gasteiger partial charge on any atom is -0.468 e. The van der Waals surface area contributed by atoms with E-state index in [0.29, 0.717) is 13.1 Å². The zero-order valence-corrected chi connectivity index (χ0v) is 10.6. The molecule has 0 amide bonds. The fourth-order valence-electron chi connectivity index (χ4n) is 1.84. The second-order valence-electron chi connectivity index (χ2n) is 4.32. The first-order valence-electron chi connectivity index (χ1n) is 6.29. The van der Waals surface area contributed by atoms with Gasteiger partial charge in [-0.3, -0.25) is 0 Å². The molecular weight excluding hydrogens is 226 g/mol. The van der Waals surface area contributed by atoms with Gasteiger partial charge in [0, 0.05) is 6.54 Å². The van der Waals surface area contributed by atoms with Crippen LogP contribution in [0.5, 0.6) is 0 Å². The molecule has 0 saturated carbocycles. The lowest BCUT2D eigenvalue weighted by Crippen LogP contribution is -2.20. The molecule has 96 valence electrons. The van der Waals surface area contributed by atoms with Crippen LogP contribution in [0.2, 0.25) is 0 Å². The van der Waals surface area contributed by atoms with E-state index >= 15 is 0 Å². The predicted molar refractivity (Wildman–Crippen MR) is 71.2 cm³/mol. The van der Waals surface area contributed by atoms with Gasteiger partial charge in [-0.25, -0.2) is 0 Å². The van der Waals surface area contributed by atoms with Gasteiger partial charge in [-0.2, -0.15) is 0 Å². The third-order valence-corrected chi connectivity index (χ3v) is 2.99. The Morgan fingerprint density at radius 3 is 2.61 bits per heavy atom. The summed E-state index contributed by atoms with van der Waals surface area (Å²) in [7, 11) is 0. The fraction of sp³-hybridized carbons (Fsp3) is 0.333. The zero-order valence-electron chi connectivity index (χ0n) is 10.6. The van der Waals surface area contributed by atoms with Gasteiger partial charge < -0.3 is 14.8 Å². The van der Waals surface area contributed by atoms with Gasteiger partial charge >= 0.3 is 0 Å². The second-order valence-corrected chi connectivity index (χ2v) is 4.32. The molecule has 2 aromatic rings. The minimum atomic E-state index is -0.481. The number of benzene rings is 1. The number of rotatable bonds is 6. The smallest absolute Gasteiger partial charge is 0.117 e. The average Bonchev–Trinajstić information content (AvgIpc) is 2.92. The minimum absolute atomic E-state index is 0.481. The summed E-state index contributed by atoms with van der Waals surface area (Å²) >= 11 is 0. The van der Waals surface area contributed by atoms with E-state index in [0.717, 1.165) is 17.7 Å². The average molecular weight is 245 g/mol. The second kappa shape index (κ2) is 6.38. The summed E-state index contributed by atoms with van der Waals surface area (Å²) in [6.45, 7) is 3.28. The summed E-state index contributed by atoms with van der Waals surface area (Å²) in [5, 5.41) is 13.2. The van der Waals surface area contributed by atoms with Gasteiger partial charge in [0.2, 0.25) is 0 Å². The van der Waals surface area contributed by atoms with E-state index in [1.54, 1.807) is 6.26 Å². The standard InChI is InChI=1S/C15H19NO2/c1-2-12-5-7-13(8-6-12)15(17)11-16-10-14-4-3-9-18-14/h3-9,15-17H,2,10-11H2,1H3. The van der Waals surface area contributed by atoms with Crippen molar-refractivity contribution in [2.24, 2.45) is 0 Å². The monoisotopic (exact) mass is 245 g/mol.